The molecule has 2 fully saturated rings. The molecule has 1 aliphatic carbocycles. The van der Waals surface area contributed by atoms with E-state index in [1.807, 2.05) is 18.2 Å². The van der Waals surface area contributed by atoms with Crippen molar-refractivity contribution in [1.29, 1.82) is 0 Å². The predicted octanol–water partition coefficient (Wildman–Crippen LogP) is 1.88. The lowest BCUT2D eigenvalue weighted by Gasteiger charge is -2.28. The van der Waals surface area contributed by atoms with Crippen LogP contribution in [0.1, 0.15) is 24.0 Å². The molecule has 1 aromatic heterocycles. The van der Waals surface area contributed by atoms with Crippen molar-refractivity contribution in [3.8, 4) is 11.8 Å². The van der Waals surface area contributed by atoms with Gasteiger partial charge in [0.1, 0.15) is 18.2 Å². The molecule has 0 bridgehead atoms. The van der Waals surface area contributed by atoms with Crippen molar-refractivity contribution >= 4 is 17.3 Å². The molecule has 2 aliphatic heterocycles. The molecule has 0 amide bonds. The van der Waals surface area contributed by atoms with Crippen LogP contribution >= 0.6 is 0 Å². The van der Waals surface area contributed by atoms with Crippen molar-refractivity contribution in [2.75, 3.05) is 76.1 Å². The van der Waals surface area contributed by atoms with Crippen LogP contribution in [-0.2, 0) is 15.9 Å². The zero-order valence-corrected chi connectivity index (χ0v) is 19.4. The molecule has 10 heteroatoms. The summed E-state index contributed by atoms with van der Waals surface area (Å²) < 4.78 is 16.9. The Hall–Kier alpha value is -2.95. The summed E-state index contributed by atoms with van der Waals surface area (Å²) >= 11 is 0. The summed E-state index contributed by atoms with van der Waals surface area (Å²) in [6.45, 7) is 7.54. The molecule has 34 heavy (non-hydrogen) atoms. The van der Waals surface area contributed by atoms with E-state index in [1.54, 1.807) is 6.07 Å². The highest BCUT2D eigenvalue weighted by Gasteiger charge is 2.19. The second-order valence-corrected chi connectivity index (χ2v) is 8.62. The van der Waals surface area contributed by atoms with E-state index in [1.165, 1.54) is 0 Å². The molecule has 1 aromatic carbocycles. The van der Waals surface area contributed by atoms with E-state index >= 15 is 0 Å². The first-order valence-corrected chi connectivity index (χ1v) is 12.0. The molecule has 0 radical (unpaired) electrons. The number of aromatic nitrogens is 2. The van der Waals surface area contributed by atoms with Crippen molar-refractivity contribution in [2.24, 2.45) is 5.10 Å². The first kappa shape index (κ1) is 22.8. The average Bonchev–Trinajstić information content (AvgIpc) is 2.89. The van der Waals surface area contributed by atoms with Crippen molar-refractivity contribution < 1.29 is 19.3 Å². The van der Waals surface area contributed by atoms with E-state index in [4.69, 9.17) is 14.2 Å². The summed E-state index contributed by atoms with van der Waals surface area (Å²) in [5, 5.41) is 14.9. The van der Waals surface area contributed by atoms with Crippen LogP contribution in [0.3, 0.4) is 0 Å². The average molecular weight is 469 g/mol. The maximum absolute atomic E-state index is 10.2. The first-order chi connectivity index (χ1) is 16.8. The summed E-state index contributed by atoms with van der Waals surface area (Å²) in [5.41, 5.74) is 5.99. The Morgan fingerprint density at radius 2 is 1.82 bits per heavy atom. The van der Waals surface area contributed by atoms with Crippen LogP contribution in [0.5, 0.6) is 11.8 Å². The van der Waals surface area contributed by atoms with Gasteiger partial charge >= 0.3 is 6.01 Å². The lowest BCUT2D eigenvalue weighted by atomic mass is 9.89. The standard InChI is InChI=1S/C24H32N6O4/c31-21-6-2-3-18-19(21)4-1-5-20(18)27-28-22-17-23(30-10-14-33-15-11-30)26-24(25-22)34-16-9-29-7-12-32-13-8-29/h2-3,6,17,31H,1,4-5,7-16H2,(H,25,26,28)/b27-20-. The number of aromatic hydroxyl groups is 1. The van der Waals surface area contributed by atoms with Crippen molar-refractivity contribution in [3.05, 3.63) is 35.4 Å². The minimum atomic E-state index is 0.331. The Morgan fingerprint density at radius 3 is 2.65 bits per heavy atom. The molecular weight excluding hydrogens is 436 g/mol. The fraction of sp³-hybridized carbons (Fsp3) is 0.542. The highest BCUT2D eigenvalue weighted by atomic mass is 16.5. The van der Waals surface area contributed by atoms with E-state index < -0.39 is 0 Å². The highest BCUT2D eigenvalue weighted by Crippen LogP contribution is 2.29. The number of hydrogen-bond donors (Lipinski definition) is 2. The highest BCUT2D eigenvalue weighted by molar-refractivity contribution is 6.03. The van der Waals surface area contributed by atoms with Gasteiger partial charge in [-0.1, -0.05) is 12.1 Å². The van der Waals surface area contributed by atoms with Crippen LogP contribution in [0.25, 0.3) is 0 Å². The van der Waals surface area contributed by atoms with Gasteiger partial charge in [-0.3, -0.25) is 10.3 Å². The van der Waals surface area contributed by atoms with Gasteiger partial charge < -0.3 is 24.2 Å². The molecule has 0 atom stereocenters. The van der Waals surface area contributed by atoms with Gasteiger partial charge in [0, 0.05) is 49.9 Å². The van der Waals surface area contributed by atoms with Gasteiger partial charge in [0.05, 0.1) is 32.1 Å². The maximum Gasteiger partial charge on any atom is 0.320 e. The quantitative estimate of drug-likeness (QED) is 0.590. The van der Waals surface area contributed by atoms with Gasteiger partial charge in [-0.15, -0.1) is 0 Å². The molecule has 3 heterocycles. The Kier molecular flexibility index (Phi) is 7.37. The lowest BCUT2D eigenvalue weighted by Crippen LogP contribution is -2.39. The molecule has 0 saturated carbocycles. The SMILES string of the molecule is Oc1cccc2c1CCC/C2=N/Nc1cc(N2CCOCC2)nc(OCCN2CCOCC2)n1. The number of fused-ring (bicyclic) bond motifs is 1. The number of hydrogen-bond acceptors (Lipinski definition) is 10. The van der Waals surface area contributed by atoms with Crippen LogP contribution in [0, 0.1) is 0 Å². The van der Waals surface area contributed by atoms with Crippen LogP contribution < -0.4 is 15.1 Å². The number of morpholine rings is 2. The number of phenolic OH excluding ortho intramolecular Hbond substituents is 1. The molecule has 0 spiro atoms. The molecule has 2 saturated heterocycles. The third-order valence-corrected chi connectivity index (χ3v) is 6.38. The Morgan fingerprint density at radius 1 is 1.03 bits per heavy atom. The summed E-state index contributed by atoms with van der Waals surface area (Å²) in [6, 6.07) is 7.83. The number of ether oxygens (including phenoxy) is 3. The third-order valence-electron chi connectivity index (χ3n) is 6.38. The fourth-order valence-corrected chi connectivity index (χ4v) is 4.50. The second-order valence-electron chi connectivity index (χ2n) is 8.62. The molecule has 3 aliphatic rings. The largest absolute Gasteiger partial charge is 0.508 e. The summed E-state index contributed by atoms with van der Waals surface area (Å²) in [6.07, 6.45) is 2.65. The lowest BCUT2D eigenvalue weighted by molar-refractivity contribution is 0.0317. The number of phenols is 1. The van der Waals surface area contributed by atoms with Gasteiger partial charge in [-0.25, -0.2) is 0 Å². The number of anilines is 2. The number of rotatable bonds is 7. The monoisotopic (exact) mass is 468 g/mol. The Bertz CT molecular complexity index is 1000. The van der Waals surface area contributed by atoms with Gasteiger partial charge in [-0.2, -0.15) is 15.1 Å². The zero-order chi connectivity index (χ0) is 23.2. The Labute approximate surface area is 199 Å². The van der Waals surface area contributed by atoms with Crippen LogP contribution in [0.15, 0.2) is 29.4 Å². The number of nitrogens with zero attached hydrogens (tertiary/aromatic N) is 5. The molecule has 2 N–H and O–H groups in total. The molecule has 182 valence electrons. The van der Waals surface area contributed by atoms with Gasteiger partial charge in [0.2, 0.25) is 0 Å². The maximum atomic E-state index is 10.2. The smallest absolute Gasteiger partial charge is 0.320 e. The molecule has 10 nitrogen and oxygen atoms in total. The van der Waals surface area contributed by atoms with Crippen LogP contribution in [0.2, 0.25) is 0 Å². The van der Waals surface area contributed by atoms with Crippen molar-refractivity contribution in [2.45, 2.75) is 19.3 Å². The summed E-state index contributed by atoms with van der Waals surface area (Å²) in [5.74, 6) is 1.71. The Balaban J connectivity index is 1.33. The van der Waals surface area contributed by atoms with Gasteiger partial charge in [-0.05, 0) is 25.3 Å². The summed E-state index contributed by atoms with van der Waals surface area (Å²) in [7, 11) is 0. The molecular formula is C24H32N6O4. The number of nitrogens with one attached hydrogen (secondary N) is 1. The van der Waals surface area contributed by atoms with Crippen molar-refractivity contribution in [3.63, 3.8) is 0 Å². The van der Waals surface area contributed by atoms with E-state index in [0.29, 0.717) is 37.4 Å². The van der Waals surface area contributed by atoms with E-state index in [-0.39, 0.29) is 0 Å². The molecule has 2 aromatic rings. The predicted molar refractivity (Wildman–Crippen MR) is 129 cm³/mol. The summed E-state index contributed by atoms with van der Waals surface area (Å²) in [4.78, 5) is 13.7. The topological polar surface area (TPSA) is 105 Å². The first-order valence-electron chi connectivity index (χ1n) is 12.0. The molecule has 0 unspecified atom stereocenters. The van der Waals surface area contributed by atoms with E-state index in [0.717, 1.165) is 87.9 Å². The van der Waals surface area contributed by atoms with Crippen molar-refractivity contribution in [1.82, 2.24) is 14.9 Å². The van der Waals surface area contributed by atoms with Gasteiger partial charge in [0.15, 0.2) is 5.82 Å². The van der Waals surface area contributed by atoms with Crippen LogP contribution in [-0.4, -0.2) is 91.4 Å². The van der Waals surface area contributed by atoms with E-state index in [9.17, 15) is 5.11 Å². The second kappa shape index (κ2) is 11.0. The number of hydrazone groups is 1. The molecule has 5 rings (SSSR count). The third kappa shape index (κ3) is 5.57. The minimum absolute atomic E-state index is 0.331. The van der Waals surface area contributed by atoms with Gasteiger partial charge in [0.25, 0.3) is 0 Å². The van der Waals surface area contributed by atoms with Crippen LogP contribution in [0.4, 0.5) is 11.6 Å². The normalized spacial score (nSPS) is 20.2. The number of benzene rings is 1. The minimum Gasteiger partial charge on any atom is -0.508 e. The zero-order valence-electron chi connectivity index (χ0n) is 19.4. The fourth-order valence-electron chi connectivity index (χ4n) is 4.50. The van der Waals surface area contributed by atoms with E-state index in [2.05, 4.69) is 30.3 Å².